The Labute approximate surface area is 174 Å². The topological polar surface area (TPSA) is 70.8 Å². The van der Waals surface area contributed by atoms with E-state index in [0.717, 1.165) is 21.8 Å². The van der Waals surface area contributed by atoms with Crippen LogP contribution >= 0.6 is 39.9 Å². The fraction of sp³-hybridized carbons (Fsp3) is 0.211. The first-order valence-corrected chi connectivity index (χ1v) is 10.3. The van der Waals surface area contributed by atoms with E-state index in [4.69, 9.17) is 16.6 Å². The third kappa shape index (κ3) is 4.34. The normalized spacial score (nSPS) is 17.0. The van der Waals surface area contributed by atoms with Gasteiger partial charge in [-0.1, -0.05) is 65.4 Å². The van der Waals surface area contributed by atoms with Gasteiger partial charge in [0.2, 0.25) is 0 Å². The van der Waals surface area contributed by atoms with Crippen LogP contribution in [-0.2, 0) is 9.59 Å². The van der Waals surface area contributed by atoms with Gasteiger partial charge in [0.15, 0.2) is 0 Å². The lowest BCUT2D eigenvalue weighted by atomic mass is 10.1. The van der Waals surface area contributed by atoms with Crippen LogP contribution in [-0.4, -0.2) is 32.2 Å². The number of thiocarbonyl (C=S) groups is 1. The van der Waals surface area contributed by atoms with Gasteiger partial charge in [-0.15, -0.1) is 0 Å². The third-order valence-electron chi connectivity index (χ3n) is 4.01. The van der Waals surface area contributed by atoms with Gasteiger partial charge >= 0.3 is 5.97 Å². The monoisotopic (exact) mass is 465 g/mol. The Morgan fingerprint density at radius 2 is 2.04 bits per heavy atom. The highest BCUT2D eigenvalue weighted by atomic mass is 79.9. The first-order chi connectivity index (χ1) is 12.9. The number of amides is 1. The Kier molecular flexibility index (Phi) is 6.18. The molecule has 3 rings (SSSR count). The number of nitrogens with zero attached hydrogens (tertiary/aromatic N) is 1. The highest BCUT2D eigenvalue weighted by Crippen LogP contribution is 2.35. The van der Waals surface area contributed by atoms with E-state index >= 15 is 0 Å². The van der Waals surface area contributed by atoms with Crippen molar-refractivity contribution in [2.45, 2.75) is 25.8 Å². The summed E-state index contributed by atoms with van der Waals surface area (Å²) >= 11 is 9.73. The number of aliphatic carboxylic acids is 1. The van der Waals surface area contributed by atoms with Crippen molar-refractivity contribution in [2.75, 3.05) is 0 Å². The second-order valence-electron chi connectivity index (χ2n) is 5.90. The third-order valence-corrected chi connectivity index (χ3v) is 5.87. The minimum Gasteiger partial charge on any atom is -0.480 e. The molecular weight excluding hydrogens is 450 g/mol. The molecule has 1 aliphatic rings. The van der Waals surface area contributed by atoms with Gasteiger partial charge in [-0.2, -0.15) is 0 Å². The molecule has 1 N–H and O–H groups in total. The van der Waals surface area contributed by atoms with Crippen LogP contribution in [0.1, 0.15) is 25.5 Å². The van der Waals surface area contributed by atoms with Crippen LogP contribution in [0.5, 0.6) is 0 Å². The summed E-state index contributed by atoms with van der Waals surface area (Å²) in [5, 5.41) is 9.42. The van der Waals surface area contributed by atoms with Gasteiger partial charge in [0.05, 0.1) is 4.91 Å². The maximum Gasteiger partial charge on any atom is 0.326 e. The molecule has 27 heavy (non-hydrogen) atoms. The van der Waals surface area contributed by atoms with Gasteiger partial charge in [-0.05, 0) is 30.7 Å². The SMILES string of the molecule is CCCC(C(=O)O)N1C(=O)/C(=C/c2ccc(-c3ccc(Br)cc3)o2)SC1=S. The second kappa shape index (κ2) is 8.41. The van der Waals surface area contributed by atoms with Crippen molar-refractivity contribution in [3.8, 4) is 11.3 Å². The number of halogens is 1. The number of carboxylic acids is 1. The summed E-state index contributed by atoms with van der Waals surface area (Å²) in [5.74, 6) is -0.258. The summed E-state index contributed by atoms with van der Waals surface area (Å²) in [5.41, 5.74) is 0.916. The number of carboxylic acid groups (broad SMARTS) is 1. The molecule has 1 aromatic carbocycles. The van der Waals surface area contributed by atoms with Crippen LogP contribution in [0.3, 0.4) is 0 Å². The molecule has 0 spiro atoms. The Hall–Kier alpha value is -1.90. The second-order valence-corrected chi connectivity index (χ2v) is 8.49. The summed E-state index contributed by atoms with van der Waals surface area (Å²) in [6.07, 6.45) is 2.60. The van der Waals surface area contributed by atoms with Crippen LogP contribution < -0.4 is 0 Å². The number of rotatable bonds is 6. The Morgan fingerprint density at radius 1 is 1.33 bits per heavy atom. The summed E-state index contributed by atoms with van der Waals surface area (Å²) in [7, 11) is 0. The Balaban J connectivity index is 1.84. The summed E-state index contributed by atoms with van der Waals surface area (Å²) < 4.78 is 7.04. The standard InChI is InChI=1S/C19H16BrNO4S2/c1-2-3-14(18(23)24)21-17(22)16(27-19(21)26)10-13-8-9-15(25-13)11-4-6-12(20)7-5-11/h4-10,14H,2-3H2,1H3,(H,23,24)/b16-10-. The van der Waals surface area contributed by atoms with Crippen LogP contribution in [0.25, 0.3) is 17.4 Å². The van der Waals surface area contributed by atoms with E-state index in [9.17, 15) is 14.7 Å². The first kappa shape index (κ1) is 19.9. The molecule has 5 nitrogen and oxygen atoms in total. The molecule has 0 bridgehead atoms. The molecule has 1 atom stereocenters. The van der Waals surface area contributed by atoms with Crippen molar-refractivity contribution in [3.63, 3.8) is 0 Å². The lowest BCUT2D eigenvalue weighted by Crippen LogP contribution is -2.43. The molecule has 8 heteroatoms. The van der Waals surface area contributed by atoms with E-state index in [1.807, 2.05) is 37.3 Å². The molecule has 1 unspecified atom stereocenters. The fourth-order valence-electron chi connectivity index (χ4n) is 2.71. The Morgan fingerprint density at radius 3 is 2.67 bits per heavy atom. The molecule has 0 aliphatic carbocycles. The average molecular weight is 466 g/mol. The number of carbonyl (C=O) groups excluding carboxylic acids is 1. The van der Waals surface area contributed by atoms with Gasteiger partial charge in [0.1, 0.15) is 21.9 Å². The molecule has 1 saturated heterocycles. The highest BCUT2D eigenvalue weighted by Gasteiger charge is 2.40. The van der Waals surface area contributed by atoms with Gasteiger partial charge < -0.3 is 9.52 Å². The summed E-state index contributed by atoms with van der Waals surface area (Å²) in [4.78, 5) is 25.8. The number of furan rings is 1. The van der Waals surface area contributed by atoms with E-state index in [2.05, 4.69) is 15.9 Å². The molecule has 1 fully saturated rings. The van der Waals surface area contributed by atoms with E-state index in [1.54, 1.807) is 12.1 Å². The molecule has 0 radical (unpaired) electrons. The zero-order valence-electron chi connectivity index (χ0n) is 14.3. The van der Waals surface area contributed by atoms with Crippen molar-refractivity contribution >= 4 is 62.2 Å². The molecular formula is C19H16BrNO4S2. The van der Waals surface area contributed by atoms with Crippen LogP contribution in [0.15, 0.2) is 50.2 Å². The molecule has 1 amide bonds. The van der Waals surface area contributed by atoms with Crippen molar-refractivity contribution in [2.24, 2.45) is 0 Å². The molecule has 2 aromatic rings. The minimum atomic E-state index is -1.05. The summed E-state index contributed by atoms with van der Waals surface area (Å²) in [6, 6.07) is 10.3. The van der Waals surface area contributed by atoms with E-state index in [-0.39, 0.29) is 4.32 Å². The van der Waals surface area contributed by atoms with Crippen molar-refractivity contribution in [1.82, 2.24) is 4.90 Å². The van der Waals surface area contributed by atoms with E-state index in [0.29, 0.717) is 29.3 Å². The fourth-order valence-corrected chi connectivity index (χ4v) is 4.32. The van der Waals surface area contributed by atoms with Gasteiger partial charge in [-0.3, -0.25) is 9.69 Å². The highest BCUT2D eigenvalue weighted by molar-refractivity contribution is 9.10. The van der Waals surface area contributed by atoms with Gasteiger partial charge in [0.25, 0.3) is 5.91 Å². The number of hydrogen-bond donors (Lipinski definition) is 1. The van der Waals surface area contributed by atoms with Crippen molar-refractivity contribution < 1.29 is 19.1 Å². The van der Waals surface area contributed by atoms with Crippen LogP contribution in [0.2, 0.25) is 0 Å². The molecule has 1 aromatic heterocycles. The van der Waals surface area contributed by atoms with Crippen molar-refractivity contribution in [3.05, 3.63) is 51.5 Å². The lowest BCUT2D eigenvalue weighted by Gasteiger charge is -2.22. The van der Waals surface area contributed by atoms with E-state index < -0.39 is 17.9 Å². The largest absolute Gasteiger partial charge is 0.480 e. The smallest absolute Gasteiger partial charge is 0.326 e. The van der Waals surface area contributed by atoms with Gasteiger partial charge in [-0.25, -0.2) is 4.79 Å². The number of benzene rings is 1. The number of hydrogen-bond acceptors (Lipinski definition) is 5. The van der Waals surface area contributed by atoms with Crippen LogP contribution in [0, 0.1) is 0 Å². The maximum absolute atomic E-state index is 12.7. The predicted octanol–water partition coefficient (Wildman–Crippen LogP) is 5.16. The molecule has 1 aliphatic heterocycles. The maximum atomic E-state index is 12.7. The number of thioether (sulfide) groups is 1. The summed E-state index contributed by atoms with van der Waals surface area (Å²) in [6.45, 7) is 1.87. The quantitative estimate of drug-likeness (QED) is 0.468. The number of carbonyl (C=O) groups is 2. The molecule has 0 saturated carbocycles. The minimum absolute atomic E-state index is 0.256. The van der Waals surface area contributed by atoms with E-state index in [1.165, 1.54) is 4.90 Å². The van der Waals surface area contributed by atoms with Gasteiger partial charge in [0, 0.05) is 16.1 Å². The lowest BCUT2D eigenvalue weighted by molar-refractivity contribution is -0.145. The Bertz CT molecular complexity index is 920. The molecule has 140 valence electrons. The molecule has 2 heterocycles. The zero-order valence-corrected chi connectivity index (χ0v) is 17.6. The van der Waals surface area contributed by atoms with Crippen LogP contribution in [0.4, 0.5) is 0 Å². The van der Waals surface area contributed by atoms with Crippen molar-refractivity contribution in [1.29, 1.82) is 0 Å². The first-order valence-electron chi connectivity index (χ1n) is 8.26. The average Bonchev–Trinajstić information content (AvgIpc) is 3.19. The predicted molar refractivity (Wildman–Crippen MR) is 113 cm³/mol. The zero-order chi connectivity index (χ0) is 19.6.